The van der Waals surface area contributed by atoms with Gasteiger partial charge in [0, 0.05) is 27.5 Å². The average Bonchev–Trinajstić information content (AvgIpc) is 2.39. The summed E-state index contributed by atoms with van der Waals surface area (Å²) < 4.78 is 0. The summed E-state index contributed by atoms with van der Waals surface area (Å²) in [5.41, 5.74) is 9.57. The monoisotopic (exact) mass is 293 g/mol. The third-order valence-electron chi connectivity index (χ3n) is 4.57. The van der Waals surface area contributed by atoms with E-state index in [1.165, 1.54) is 17.7 Å². The zero-order valence-electron chi connectivity index (χ0n) is 11.7. The number of thioether (sulfide) groups is 2. The molecule has 0 radical (unpaired) electrons. The van der Waals surface area contributed by atoms with Crippen LogP contribution in [0.15, 0.2) is 24.3 Å². The maximum atomic E-state index is 6.49. The quantitative estimate of drug-likeness (QED) is 0.921. The first-order valence-electron chi connectivity index (χ1n) is 7.25. The van der Waals surface area contributed by atoms with Crippen LogP contribution in [0.4, 0.5) is 0 Å². The first-order chi connectivity index (χ1) is 9.15. The summed E-state index contributed by atoms with van der Waals surface area (Å²) in [5, 5.41) is 2.16. The smallest absolute Gasteiger partial charge is 0.0292 e. The summed E-state index contributed by atoms with van der Waals surface area (Å²) >= 11 is 4.21. The lowest BCUT2D eigenvalue weighted by molar-refractivity contribution is 0.484. The van der Waals surface area contributed by atoms with Crippen LogP contribution in [-0.4, -0.2) is 27.5 Å². The molecule has 1 saturated heterocycles. The van der Waals surface area contributed by atoms with E-state index in [9.17, 15) is 0 Å². The minimum Gasteiger partial charge on any atom is -0.327 e. The Labute approximate surface area is 125 Å². The lowest BCUT2D eigenvalue weighted by atomic mass is 9.74. The average molecular weight is 294 g/mol. The molecule has 1 nitrogen and oxygen atoms in total. The molecule has 1 aliphatic heterocycles. The lowest BCUT2D eigenvalue weighted by Gasteiger charge is -2.38. The van der Waals surface area contributed by atoms with Crippen LogP contribution in [-0.2, 0) is 6.42 Å². The second-order valence-electron chi connectivity index (χ2n) is 5.92. The van der Waals surface area contributed by atoms with Crippen molar-refractivity contribution < 1.29 is 0 Å². The van der Waals surface area contributed by atoms with Crippen molar-refractivity contribution in [3.8, 4) is 0 Å². The number of hydrogen-bond donors (Lipinski definition) is 1. The Morgan fingerprint density at radius 3 is 2.79 bits per heavy atom. The molecule has 5 unspecified atom stereocenters. The fourth-order valence-corrected chi connectivity index (χ4v) is 6.16. The predicted molar refractivity (Wildman–Crippen MR) is 88.2 cm³/mol. The Bertz CT molecular complexity index is 448. The molecule has 2 N–H and O–H groups in total. The van der Waals surface area contributed by atoms with Crippen molar-refractivity contribution in [3.63, 3.8) is 0 Å². The van der Waals surface area contributed by atoms with Crippen LogP contribution in [0.1, 0.15) is 37.3 Å². The standard InChI is InChI=1S/C16H23NS2/c1-10-11(2)19-16(9-18-10)15(17)8-13-7-12-5-3-4-6-14(12)13/h3-6,10-11,13,15-16H,7-9,17H2,1-2H3. The van der Waals surface area contributed by atoms with Gasteiger partial charge in [-0.15, -0.1) is 0 Å². The first-order valence-corrected chi connectivity index (χ1v) is 9.24. The van der Waals surface area contributed by atoms with Gasteiger partial charge in [-0.25, -0.2) is 0 Å². The molecule has 3 heteroatoms. The zero-order chi connectivity index (χ0) is 13.4. The summed E-state index contributed by atoms with van der Waals surface area (Å²) in [7, 11) is 0. The molecule has 1 aromatic rings. The largest absolute Gasteiger partial charge is 0.327 e. The SMILES string of the molecule is CC1SCC(C(N)CC2Cc3ccccc32)SC1C. The number of rotatable bonds is 3. The molecule has 0 aromatic heterocycles. The highest BCUT2D eigenvalue weighted by molar-refractivity contribution is 8.07. The molecule has 0 amide bonds. The fourth-order valence-electron chi connectivity index (χ4n) is 3.09. The van der Waals surface area contributed by atoms with Gasteiger partial charge < -0.3 is 5.73 Å². The van der Waals surface area contributed by atoms with Gasteiger partial charge >= 0.3 is 0 Å². The molecular formula is C16H23NS2. The van der Waals surface area contributed by atoms with Gasteiger partial charge in [-0.2, -0.15) is 23.5 Å². The van der Waals surface area contributed by atoms with Crippen molar-refractivity contribution in [2.75, 3.05) is 5.75 Å². The van der Waals surface area contributed by atoms with E-state index < -0.39 is 0 Å². The molecule has 0 spiro atoms. The van der Waals surface area contributed by atoms with Crippen LogP contribution < -0.4 is 5.73 Å². The van der Waals surface area contributed by atoms with Gasteiger partial charge in [0.2, 0.25) is 0 Å². The molecule has 2 aliphatic rings. The molecule has 1 fully saturated rings. The van der Waals surface area contributed by atoms with E-state index in [1.807, 2.05) is 0 Å². The highest BCUT2D eigenvalue weighted by atomic mass is 32.2. The molecule has 0 saturated carbocycles. The third kappa shape index (κ3) is 2.84. The van der Waals surface area contributed by atoms with Crippen LogP contribution in [0, 0.1) is 0 Å². The van der Waals surface area contributed by atoms with Crippen molar-refractivity contribution >= 4 is 23.5 Å². The number of benzene rings is 1. The normalized spacial score (nSPS) is 35.3. The van der Waals surface area contributed by atoms with Gasteiger partial charge in [0.05, 0.1) is 0 Å². The Balaban J connectivity index is 1.57. The fraction of sp³-hybridized carbons (Fsp3) is 0.625. The van der Waals surface area contributed by atoms with Crippen molar-refractivity contribution in [3.05, 3.63) is 35.4 Å². The van der Waals surface area contributed by atoms with E-state index in [2.05, 4.69) is 61.6 Å². The number of hydrogen-bond acceptors (Lipinski definition) is 3. The highest BCUT2D eigenvalue weighted by Crippen LogP contribution is 2.42. The van der Waals surface area contributed by atoms with Crippen LogP contribution in [0.2, 0.25) is 0 Å². The van der Waals surface area contributed by atoms with Crippen molar-refractivity contribution in [2.45, 2.75) is 54.4 Å². The molecule has 1 aromatic carbocycles. The van der Waals surface area contributed by atoms with Crippen LogP contribution in [0.5, 0.6) is 0 Å². The van der Waals surface area contributed by atoms with E-state index in [-0.39, 0.29) is 0 Å². The summed E-state index contributed by atoms with van der Waals surface area (Å²) in [4.78, 5) is 0. The molecule has 19 heavy (non-hydrogen) atoms. The number of fused-ring (bicyclic) bond motifs is 1. The Hall–Kier alpha value is -0.120. The molecule has 5 atom stereocenters. The molecule has 3 rings (SSSR count). The minimum atomic E-state index is 0.353. The van der Waals surface area contributed by atoms with Gasteiger partial charge in [-0.05, 0) is 29.9 Å². The van der Waals surface area contributed by atoms with Gasteiger partial charge in [-0.3, -0.25) is 0 Å². The molecule has 1 heterocycles. The van der Waals surface area contributed by atoms with Crippen molar-refractivity contribution in [1.82, 2.24) is 0 Å². The predicted octanol–water partition coefficient (Wildman–Crippen LogP) is 3.67. The van der Waals surface area contributed by atoms with E-state index in [0.29, 0.717) is 17.2 Å². The molecule has 0 bridgehead atoms. The summed E-state index contributed by atoms with van der Waals surface area (Å²) in [6.07, 6.45) is 2.40. The first kappa shape index (κ1) is 13.8. The Morgan fingerprint density at radius 1 is 1.26 bits per heavy atom. The lowest BCUT2D eigenvalue weighted by Crippen LogP contribution is -2.41. The van der Waals surface area contributed by atoms with E-state index in [4.69, 9.17) is 5.73 Å². The Morgan fingerprint density at radius 2 is 2.05 bits per heavy atom. The maximum Gasteiger partial charge on any atom is 0.0292 e. The van der Waals surface area contributed by atoms with E-state index in [1.54, 1.807) is 5.56 Å². The van der Waals surface area contributed by atoms with Gasteiger partial charge in [0.25, 0.3) is 0 Å². The second kappa shape index (κ2) is 5.71. The van der Waals surface area contributed by atoms with Crippen LogP contribution in [0.25, 0.3) is 0 Å². The van der Waals surface area contributed by atoms with Crippen molar-refractivity contribution in [2.24, 2.45) is 5.73 Å². The minimum absolute atomic E-state index is 0.353. The van der Waals surface area contributed by atoms with Gasteiger partial charge in [-0.1, -0.05) is 38.1 Å². The van der Waals surface area contributed by atoms with E-state index in [0.717, 1.165) is 16.9 Å². The topological polar surface area (TPSA) is 26.0 Å². The van der Waals surface area contributed by atoms with Crippen LogP contribution >= 0.6 is 23.5 Å². The zero-order valence-corrected chi connectivity index (χ0v) is 13.3. The second-order valence-corrected chi connectivity index (χ2v) is 8.95. The third-order valence-corrected chi connectivity index (χ3v) is 8.14. The van der Waals surface area contributed by atoms with Gasteiger partial charge in [0.1, 0.15) is 0 Å². The van der Waals surface area contributed by atoms with E-state index >= 15 is 0 Å². The van der Waals surface area contributed by atoms with Crippen molar-refractivity contribution in [1.29, 1.82) is 0 Å². The Kier molecular flexibility index (Phi) is 4.16. The summed E-state index contributed by atoms with van der Waals surface area (Å²) in [6.45, 7) is 4.69. The highest BCUT2D eigenvalue weighted by Gasteiger charge is 2.33. The summed E-state index contributed by atoms with van der Waals surface area (Å²) in [6, 6.07) is 9.19. The summed E-state index contributed by atoms with van der Waals surface area (Å²) in [5.74, 6) is 1.94. The van der Waals surface area contributed by atoms with Crippen LogP contribution in [0.3, 0.4) is 0 Å². The molecule has 104 valence electrons. The molecule has 1 aliphatic carbocycles. The van der Waals surface area contributed by atoms with Gasteiger partial charge in [0.15, 0.2) is 0 Å². The number of nitrogens with two attached hydrogens (primary N) is 1. The maximum absolute atomic E-state index is 6.49. The molecular weight excluding hydrogens is 270 g/mol.